The molecule has 1 aliphatic heterocycles. The Labute approximate surface area is 119 Å². The zero-order valence-corrected chi connectivity index (χ0v) is 12.1. The fourth-order valence-corrected chi connectivity index (χ4v) is 2.60. The molecule has 1 aliphatic rings. The van der Waals surface area contributed by atoms with Gasteiger partial charge in [-0.25, -0.2) is 0 Å². The van der Waals surface area contributed by atoms with Gasteiger partial charge in [0.05, 0.1) is 10.0 Å². The molecule has 1 atom stereocenters. The van der Waals surface area contributed by atoms with Crippen molar-refractivity contribution in [3.63, 3.8) is 0 Å². The van der Waals surface area contributed by atoms with Crippen molar-refractivity contribution < 1.29 is 9.72 Å². The molecule has 0 N–H and O–H groups in total. The summed E-state index contributed by atoms with van der Waals surface area (Å²) in [6.45, 7) is 3.53. The number of carbonyl (C=O) groups excluding carboxylic acids is 1. The average Bonchev–Trinajstić information content (AvgIpc) is 2.87. The Morgan fingerprint density at radius 3 is 3.00 bits per heavy atom. The van der Waals surface area contributed by atoms with Gasteiger partial charge in [-0.2, -0.15) is 0 Å². The Kier molecular flexibility index (Phi) is 4.14. The normalized spacial score (nSPS) is 18.6. The van der Waals surface area contributed by atoms with Crippen molar-refractivity contribution >= 4 is 27.7 Å². The molecule has 1 amide bonds. The van der Waals surface area contributed by atoms with Crippen LogP contribution in [-0.4, -0.2) is 33.8 Å². The molecular formula is C12H14BrN3O3. The summed E-state index contributed by atoms with van der Waals surface area (Å²) in [6, 6.07) is 1.23. The highest BCUT2D eigenvalue weighted by Gasteiger charge is 2.28. The van der Waals surface area contributed by atoms with Crippen molar-refractivity contribution in [2.75, 3.05) is 13.1 Å². The minimum atomic E-state index is -0.595. The van der Waals surface area contributed by atoms with Crippen LogP contribution in [0.3, 0.4) is 0 Å². The molecule has 102 valence electrons. The fourth-order valence-electron chi connectivity index (χ4n) is 2.21. The average molecular weight is 328 g/mol. The maximum atomic E-state index is 12.3. The molecule has 2 rings (SSSR count). The van der Waals surface area contributed by atoms with Crippen molar-refractivity contribution in [3.8, 4) is 0 Å². The first-order valence-electron chi connectivity index (χ1n) is 6.12. The number of hydrogen-bond donors (Lipinski definition) is 0. The van der Waals surface area contributed by atoms with Crippen LogP contribution in [0, 0.1) is 16.0 Å². The number of pyridine rings is 1. The van der Waals surface area contributed by atoms with Gasteiger partial charge in [0.1, 0.15) is 0 Å². The van der Waals surface area contributed by atoms with Crippen molar-refractivity contribution in [2.24, 2.45) is 5.92 Å². The van der Waals surface area contributed by atoms with E-state index in [1.54, 1.807) is 4.90 Å². The maximum Gasteiger partial charge on any atom is 0.364 e. The lowest BCUT2D eigenvalue weighted by molar-refractivity contribution is -0.389. The van der Waals surface area contributed by atoms with Gasteiger partial charge in [-0.1, -0.05) is 13.3 Å². The number of nitrogens with zero attached hydrogens (tertiary/aromatic N) is 3. The Bertz CT molecular complexity index is 521. The van der Waals surface area contributed by atoms with Crippen LogP contribution in [0.4, 0.5) is 5.82 Å². The summed E-state index contributed by atoms with van der Waals surface area (Å²) in [6.07, 6.45) is 3.34. The summed E-state index contributed by atoms with van der Waals surface area (Å²) >= 11 is 3.23. The Morgan fingerprint density at radius 1 is 1.68 bits per heavy atom. The Hall–Kier alpha value is -1.50. The zero-order valence-electron chi connectivity index (χ0n) is 10.5. The topological polar surface area (TPSA) is 76.3 Å². The van der Waals surface area contributed by atoms with Crippen LogP contribution in [-0.2, 0) is 0 Å². The molecule has 2 heterocycles. The lowest BCUT2D eigenvalue weighted by Gasteiger charge is -2.16. The molecule has 1 fully saturated rings. The number of aromatic nitrogens is 1. The number of halogens is 1. The lowest BCUT2D eigenvalue weighted by Crippen LogP contribution is -2.29. The SMILES string of the molecule is CCC1CCN(C(=O)c2cc([N+](=O)[O-])ncc2Br)C1. The van der Waals surface area contributed by atoms with E-state index in [9.17, 15) is 14.9 Å². The predicted molar refractivity (Wildman–Crippen MR) is 72.9 cm³/mol. The smallest absolute Gasteiger partial charge is 0.358 e. The van der Waals surface area contributed by atoms with Gasteiger partial charge in [0.2, 0.25) is 0 Å². The minimum absolute atomic E-state index is 0.173. The van der Waals surface area contributed by atoms with Gasteiger partial charge < -0.3 is 15.0 Å². The lowest BCUT2D eigenvalue weighted by atomic mass is 10.1. The van der Waals surface area contributed by atoms with E-state index < -0.39 is 4.92 Å². The number of carbonyl (C=O) groups is 1. The zero-order chi connectivity index (χ0) is 14.0. The molecule has 0 aliphatic carbocycles. The minimum Gasteiger partial charge on any atom is -0.358 e. The molecule has 0 radical (unpaired) electrons. The molecule has 1 aromatic rings. The maximum absolute atomic E-state index is 12.3. The van der Waals surface area contributed by atoms with E-state index in [2.05, 4.69) is 27.8 Å². The second kappa shape index (κ2) is 5.64. The summed E-state index contributed by atoms with van der Waals surface area (Å²) in [5.41, 5.74) is 0.304. The summed E-state index contributed by atoms with van der Waals surface area (Å²) in [5, 5.41) is 10.7. The van der Waals surface area contributed by atoms with E-state index in [0.717, 1.165) is 19.4 Å². The van der Waals surface area contributed by atoms with Gasteiger partial charge in [-0.05, 0) is 38.2 Å². The number of likely N-dealkylation sites (tertiary alicyclic amines) is 1. The first-order chi connectivity index (χ1) is 9.02. The van der Waals surface area contributed by atoms with Crippen LogP contribution in [0.1, 0.15) is 30.1 Å². The second-order valence-electron chi connectivity index (χ2n) is 4.59. The van der Waals surface area contributed by atoms with Crippen molar-refractivity contribution in [1.29, 1.82) is 0 Å². The van der Waals surface area contributed by atoms with Gasteiger partial charge in [0, 0.05) is 19.2 Å². The van der Waals surface area contributed by atoms with E-state index >= 15 is 0 Å². The van der Waals surface area contributed by atoms with E-state index in [4.69, 9.17) is 0 Å². The Balaban J connectivity index is 2.24. The summed E-state index contributed by atoms with van der Waals surface area (Å²) in [5.74, 6) is 0.0469. The van der Waals surface area contributed by atoms with Crippen molar-refractivity contribution in [3.05, 3.63) is 32.4 Å². The van der Waals surface area contributed by atoms with Crippen LogP contribution in [0.25, 0.3) is 0 Å². The molecule has 1 unspecified atom stereocenters. The van der Waals surface area contributed by atoms with Gasteiger partial charge in [0.15, 0.2) is 6.20 Å². The van der Waals surface area contributed by atoms with Gasteiger partial charge in [-0.15, -0.1) is 0 Å². The van der Waals surface area contributed by atoms with Crippen molar-refractivity contribution in [2.45, 2.75) is 19.8 Å². The third-order valence-electron chi connectivity index (χ3n) is 3.41. The second-order valence-corrected chi connectivity index (χ2v) is 5.45. The number of rotatable bonds is 3. The number of hydrogen-bond acceptors (Lipinski definition) is 4. The monoisotopic (exact) mass is 327 g/mol. The van der Waals surface area contributed by atoms with E-state index in [1.165, 1.54) is 12.3 Å². The molecule has 0 saturated carbocycles. The van der Waals surface area contributed by atoms with E-state index in [0.29, 0.717) is 22.5 Å². The molecule has 0 aromatic carbocycles. The van der Waals surface area contributed by atoms with Gasteiger partial charge in [-0.3, -0.25) is 4.79 Å². The van der Waals surface area contributed by atoms with Gasteiger partial charge >= 0.3 is 5.82 Å². The summed E-state index contributed by atoms with van der Waals surface area (Å²) in [7, 11) is 0. The Morgan fingerprint density at radius 2 is 2.42 bits per heavy atom. The first-order valence-corrected chi connectivity index (χ1v) is 6.91. The van der Waals surface area contributed by atoms with Crippen LogP contribution < -0.4 is 0 Å². The molecule has 6 nitrogen and oxygen atoms in total. The largest absolute Gasteiger partial charge is 0.364 e. The molecular weight excluding hydrogens is 314 g/mol. The van der Waals surface area contributed by atoms with Crippen molar-refractivity contribution in [1.82, 2.24) is 9.88 Å². The standard InChI is InChI=1S/C12H14BrN3O3/c1-2-8-3-4-15(7-8)12(17)9-5-11(16(18)19)14-6-10(9)13/h5-6,8H,2-4,7H2,1H3. The predicted octanol–water partition coefficient (Wildman–Crippen LogP) is 2.62. The van der Waals surface area contributed by atoms with Crippen LogP contribution >= 0.6 is 15.9 Å². The van der Waals surface area contributed by atoms with Crippen LogP contribution in [0.5, 0.6) is 0 Å². The molecule has 1 aromatic heterocycles. The quantitative estimate of drug-likeness (QED) is 0.631. The van der Waals surface area contributed by atoms with E-state index in [1.807, 2.05) is 0 Å². The summed E-state index contributed by atoms with van der Waals surface area (Å²) < 4.78 is 0.489. The van der Waals surface area contributed by atoms with Crippen LogP contribution in [0.2, 0.25) is 0 Å². The molecule has 0 spiro atoms. The molecule has 0 bridgehead atoms. The van der Waals surface area contributed by atoms with Crippen LogP contribution in [0.15, 0.2) is 16.7 Å². The molecule has 7 heteroatoms. The highest BCUT2D eigenvalue weighted by Crippen LogP contribution is 2.25. The fraction of sp³-hybridized carbons (Fsp3) is 0.500. The number of nitro groups is 1. The third-order valence-corrected chi connectivity index (χ3v) is 4.04. The van der Waals surface area contributed by atoms with Gasteiger partial charge in [0.25, 0.3) is 5.91 Å². The highest BCUT2D eigenvalue weighted by molar-refractivity contribution is 9.10. The molecule has 19 heavy (non-hydrogen) atoms. The third kappa shape index (κ3) is 2.91. The molecule has 1 saturated heterocycles. The number of amides is 1. The highest BCUT2D eigenvalue weighted by atomic mass is 79.9. The first kappa shape index (κ1) is 13.9. The van der Waals surface area contributed by atoms with E-state index in [-0.39, 0.29) is 11.7 Å². The summed E-state index contributed by atoms with van der Waals surface area (Å²) in [4.78, 5) is 27.9.